The van der Waals surface area contributed by atoms with Gasteiger partial charge in [-0.25, -0.2) is 8.42 Å². The van der Waals surface area contributed by atoms with Crippen LogP contribution < -0.4 is 4.31 Å². The van der Waals surface area contributed by atoms with Crippen LogP contribution >= 0.6 is 0 Å². The largest absolute Gasteiger partial charge is 0.465 e. The first-order chi connectivity index (χ1) is 9.34. The van der Waals surface area contributed by atoms with E-state index in [-0.39, 0.29) is 18.8 Å². The second kappa shape index (κ2) is 6.74. The molecule has 0 spiro atoms. The lowest BCUT2D eigenvalue weighted by atomic mass is 10.2. The van der Waals surface area contributed by atoms with Crippen LogP contribution in [0.15, 0.2) is 12.3 Å². The lowest BCUT2D eigenvalue weighted by Gasteiger charge is -2.22. The minimum atomic E-state index is -3.84. The van der Waals surface area contributed by atoms with Gasteiger partial charge in [0.2, 0.25) is 10.0 Å². The molecule has 1 rings (SSSR count). The Bertz CT molecular complexity index is 553. The van der Waals surface area contributed by atoms with E-state index >= 15 is 0 Å². The first-order valence-electron chi connectivity index (χ1n) is 6.48. The molecule has 0 N–H and O–H groups in total. The Labute approximate surface area is 119 Å². The second-order valence-corrected chi connectivity index (χ2v) is 6.54. The first-order valence-corrected chi connectivity index (χ1v) is 7.98. The van der Waals surface area contributed by atoms with Crippen molar-refractivity contribution in [2.24, 2.45) is 7.05 Å². The molecule has 1 aromatic heterocycles. The highest BCUT2D eigenvalue weighted by Crippen LogP contribution is 2.20. The van der Waals surface area contributed by atoms with Crippen LogP contribution in [0.1, 0.15) is 26.7 Å². The van der Waals surface area contributed by atoms with Crippen LogP contribution in [0.25, 0.3) is 0 Å². The van der Waals surface area contributed by atoms with E-state index in [1.165, 1.54) is 11.7 Å². The Morgan fingerprint density at radius 2 is 2.15 bits per heavy atom. The van der Waals surface area contributed by atoms with Crippen molar-refractivity contribution in [3.8, 4) is 0 Å². The maximum Gasteiger partial charge on any atom is 0.326 e. The highest BCUT2D eigenvalue weighted by molar-refractivity contribution is 7.94. The molecule has 7 nitrogen and oxygen atoms in total. The third-order valence-electron chi connectivity index (χ3n) is 2.86. The molecule has 0 saturated heterocycles. The summed E-state index contributed by atoms with van der Waals surface area (Å²) >= 11 is 0. The SMILES string of the molecule is CCCC(C(=O)OCC)S(=O)(=O)N(C)c1ccn(C)n1. The number of sulfonamides is 1. The zero-order valence-corrected chi connectivity index (χ0v) is 13.1. The van der Waals surface area contributed by atoms with Crippen molar-refractivity contribution < 1.29 is 17.9 Å². The van der Waals surface area contributed by atoms with Crippen molar-refractivity contribution >= 4 is 21.8 Å². The van der Waals surface area contributed by atoms with Gasteiger partial charge in [-0.15, -0.1) is 0 Å². The van der Waals surface area contributed by atoms with Gasteiger partial charge in [0, 0.05) is 26.4 Å². The van der Waals surface area contributed by atoms with E-state index in [1.807, 2.05) is 6.92 Å². The van der Waals surface area contributed by atoms with Crippen molar-refractivity contribution in [2.45, 2.75) is 31.9 Å². The topological polar surface area (TPSA) is 81.5 Å². The number of anilines is 1. The van der Waals surface area contributed by atoms with E-state index in [0.717, 1.165) is 4.31 Å². The predicted octanol–water partition coefficient (Wildman–Crippen LogP) is 0.918. The second-order valence-electron chi connectivity index (χ2n) is 4.39. The van der Waals surface area contributed by atoms with Gasteiger partial charge in [0.25, 0.3) is 0 Å². The number of carbonyl (C=O) groups is 1. The van der Waals surface area contributed by atoms with Crippen molar-refractivity contribution in [2.75, 3.05) is 18.0 Å². The molecule has 1 unspecified atom stereocenters. The lowest BCUT2D eigenvalue weighted by Crippen LogP contribution is -2.42. The van der Waals surface area contributed by atoms with Gasteiger partial charge in [-0.3, -0.25) is 13.8 Å². The summed E-state index contributed by atoms with van der Waals surface area (Å²) in [7, 11) is -0.760. The number of aromatic nitrogens is 2. The Balaban J connectivity index is 3.06. The van der Waals surface area contributed by atoms with Gasteiger partial charge < -0.3 is 4.74 Å². The number of hydrogen-bond donors (Lipinski definition) is 0. The first kappa shape index (κ1) is 16.5. The van der Waals surface area contributed by atoms with Crippen molar-refractivity contribution in [3.05, 3.63) is 12.3 Å². The fourth-order valence-corrected chi connectivity index (χ4v) is 3.36. The summed E-state index contributed by atoms with van der Waals surface area (Å²) in [5.41, 5.74) is 0. The summed E-state index contributed by atoms with van der Waals surface area (Å²) in [6, 6.07) is 1.58. The molecule has 1 heterocycles. The van der Waals surface area contributed by atoms with Crippen LogP contribution in [0.4, 0.5) is 5.82 Å². The summed E-state index contributed by atoms with van der Waals surface area (Å²) in [5.74, 6) is -0.435. The molecule has 20 heavy (non-hydrogen) atoms. The molecule has 0 fully saturated rings. The Morgan fingerprint density at radius 1 is 1.50 bits per heavy atom. The van der Waals surface area contributed by atoms with Gasteiger partial charge in [0.05, 0.1) is 6.61 Å². The molecule has 8 heteroatoms. The van der Waals surface area contributed by atoms with Gasteiger partial charge in [-0.2, -0.15) is 5.10 Å². The van der Waals surface area contributed by atoms with Crippen LogP contribution in [0, 0.1) is 0 Å². The fourth-order valence-electron chi connectivity index (χ4n) is 1.78. The number of ether oxygens (including phenoxy) is 1. The van der Waals surface area contributed by atoms with E-state index in [4.69, 9.17) is 4.74 Å². The molecule has 0 saturated carbocycles. The van der Waals surface area contributed by atoms with Crippen LogP contribution in [0.5, 0.6) is 0 Å². The van der Waals surface area contributed by atoms with Crippen LogP contribution in [0.3, 0.4) is 0 Å². The highest BCUT2D eigenvalue weighted by atomic mass is 32.2. The van der Waals surface area contributed by atoms with Crippen molar-refractivity contribution in [3.63, 3.8) is 0 Å². The number of hydrogen-bond acceptors (Lipinski definition) is 5. The smallest absolute Gasteiger partial charge is 0.326 e. The molecule has 0 aliphatic heterocycles. The molecule has 0 radical (unpaired) electrons. The van der Waals surface area contributed by atoms with Crippen LogP contribution in [-0.4, -0.2) is 43.1 Å². The number of rotatable bonds is 7. The molecule has 1 atom stereocenters. The normalized spacial score (nSPS) is 13.0. The average molecular weight is 303 g/mol. The molecule has 0 aromatic carbocycles. The monoisotopic (exact) mass is 303 g/mol. The molecule has 0 aliphatic rings. The highest BCUT2D eigenvalue weighted by Gasteiger charge is 2.37. The quantitative estimate of drug-likeness (QED) is 0.700. The van der Waals surface area contributed by atoms with E-state index in [9.17, 15) is 13.2 Å². The van der Waals surface area contributed by atoms with Crippen molar-refractivity contribution in [1.82, 2.24) is 9.78 Å². The Kier molecular flexibility index (Phi) is 5.55. The molecule has 0 aliphatic carbocycles. The zero-order chi connectivity index (χ0) is 15.3. The standard InChI is InChI=1S/C12H21N3O4S/c1-5-7-10(12(16)19-6-2)20(17,18)15(4)11-8-9-14(3)13-11/h8-10H,5-7H2,1-4H3. The summed E-state index contributed by atoms with van der Waals surface area (Å²) in [5, 5.41) is 2.84. The van der Waals surface area contributed by atoms with Crippen molar-refractivity contribution in [1.29, 1.82) is 0 Å². The van der Waals surface area contributed by atoms with E-state index < -0.39 is 21.2 Å². The number of nitrogens with zero attached hydrogens (tertiary/aromatic N) is 3. The minimum absolute atomic E-state index is 0.155. The summed E-state index contributed by atoms with van der Waals surface area (Å²) < 4.78 is 32.4. The molecule has 0 bridgehead atoms. The minimum Gasteiger partial charge on any atom is -0.465 e. The van der Waals surface area contributed by atoms with Gasteiger partial charge in [-0.1, -0.05) is 13.3 Å². The molecular formula is C12H21N3O4S. The predicted molar refractivity (Wildman–Crippen MR) is 75.9 cm³/mol. The summed E-state index contributed by atoms with van der Waals surface area (Å²) in [6.45, 7) is 3.63. The lowest BCUT2D eigenvalue weighted by molar-refractivity contribution is -0.142. The molecule has 1 aromatic rings. The van der Waals surface area contributed by atoms with Crippen LogP contribution in [-0.2, 0) is 26.6 Å². The van der Waals surface area contributed by atoms with Gasteiger partial charge in [0.15, 0.2) is 11.1 Å². The number of aryl methyl sites for hydroxylation is 1. The maximum absolute atomic E-state index is 12.5. The summed E-state index contributed by atoms with van der Waals surface area (Å²) in [4.78, 5) is 11.9. The molecule has 114 valence electrons. The van der Waals surface area contributed by atoms with E-state index in [0.29, 0.717) is 6.42 Å². The fraction of sp³-hybridized carbons (Fsp3) is 0.667. The van der Waals surface area contributed by atoms with Crippen LogP contribution in [0.2, 0.25) is 0 Å². The zero-order valence-electron chi connectivity index (χ0n) is 12.2. The Morgan fingerprint density at radius 3 is 2.60 bits per heavy atom. The molecular weight excluding hydrogens is 282 g/mol. The third kappa shape index (κ3) is 3.50. The maximum atomic E-state index is 12.5. The summed E-state index contributed by atoms with van der Waals surface area (Å²) in [6.07, 6.45) is 2.43. The van der Waals surface area contributed by atoms with Gasteiger partial charge in [-0.05, 0) is 13.3 Å². The van der Waals surface area contributed by atoms with Gasteiger partial charge in [0.1, 0.15) is 0 Å². The van der Waals surface area contributed by atoms with Gasteiger partial charge >= 0.3 is 5.97 Å². The number of carbonyl (C=O) groups excluding carboxylic acids is 1. The average Bonchev–Trinajstić information content (AvgIpc) is 2.81. The van der Waals surface area contributed by atoms with E-state index in [1.54, 1.807) is 26.2 Å². The molecule has 0 amide bonds. The number of esters is 1. The van der Waals surface area contributed by atoms with E-state index in [2.05, 4.69) is 5.10 Å². The Hall–Kier alpha value is -1.57. The third-order valence-corrected chi connectivity index (χ3v) is 4.96.